The molecule has 1 N–H and O–H groups in total. The van der Waals surface area contributed by atoms with Gasteiger partial charge in [0, 0.05) is 0 Å². The number of hydrogen-bond donors (Lipinski definition) is 1. The van der Waals surface area contributed by atoms with Gasteiger partial charge in [0.25, 0.3) is 0 Å². The molecule has 0 aromatic heterocycles. The van der Waals surface area contributed by atoms with Crippen LogP contribution in [0.2, 0.25) is 0 Å². The predicted molar refractivity (Wildman–Crippen MR) is 152 cm³/mol. The Labute approximate surface area is 229 Å². The first kappa shape index (κ1) is 31.2. The second kappa shape index (κ2) is 18.4. The molecule has 0 bridgehead atoms. The maximum atomic E-state index is 7.50. The monoisotopic (exact) mass is 583 g/mol. The van der Waals surface area contributed by atoms with E-state index in [1.165, 1.54) is 21.2 Å². The number of rotatable bonds is 10. The Morgan fingerprint density at radius 3 is 0.971 bits per heavy atom. The van der Waals surface area contributed by atoms with Gasteiger partial charge in [0.05, 0.1) is 0 Å². The van der Waals surface area contributed by atoms with E-state index in [1.807, 2.05) is 0 Å². The van der Waals surface area contributed by atoms with Crippen molar-refractivity contribution in [1.82, 2.24) is 5.32 Å². The summed E-state index contributed by atoms with van der Waals surface area (Å²) >= 11 is 0. The Kier molecular flexibility index (Phi) is 16.4. The molecule has 178 valence electrons. The van der Waals surface area contributed by atoms with Crippen molar-refractivity contribution in [3.05, 3.63) is 128 Å². The van der Waals surface area contributed by atoms with Gasteiger partial charge in [0.15, 0.2) is 0 Å². The SMILES string of the molecule is [B-].[C-]#[O+].[H-].[Ru+2].c1ccc(P(CCNCCP(c2ccccc2)c2ccccc2)c2ccccc2)cc1. The third-order valence-corrected chi connectivity index (χ3v) is 10.3. The van der Waals surface area contributed by atoms with E-state index in [4.69, 9.17) is 4.65 Å². The molecule has 0 amide bonds. The molecule has 4 radical (unpaired) electrons. The average molecular weight is 582 g/mol. The van der Waals surface area contributed by atoms with Crippen LogP contribution in [0.1, 0.15) is 1.43 Å². The molecule has 0 fully saturated rings. The average Bonchev–Trinajstić information content (AvgIpc) is 2.91. The van der Waals surface area contributed by atoms with E-state index in [1.54, 1.807) is 0 Å². The second-order valence-electron chi connectivity index (χ2n) is 7.40. The minimum absolute atomic E-state index is 0. The maximum Gasteiger partial charge on any atom is 2.00 e. The summed E-state index contributed by atoms with van der Waals surface area (Å²) in [6.45, 7) is 6.59. The van der Waals surface area contributed by atoms with Crippen molar-refractivity contribution in [3.8, 4) is 0 Å². The van der Waals surface area contributed by atoms with Gasteiger partial charge in [-0.05, 0) is 62.5 Å². The van der Waals surface area contributed by atoms with Crippen LogP contribution in [0.3, 0.4) is 0 Å². The van der Waals surface area contributed by atoms with Gasteiger partial charge in [-0.1, -0.05) is 121 Å². The molecule has 0 spiro atoms. The summed E-state index contributed by atoms with van der Waals surface area (Å²) in [6.07, 6.45) is 2.33. The van der Waals surface area contributed by atoms with Gasteiger partial charge in [-0.15, -0.1) is 0 Å². The Balaban J connectivity index is 0.00000239. The Hall–Kier alpha value is -1.87. The van der Waals surface area contributed by atoms with Gasteiger partial charge < -0.3 is 15.2 Å². The fourth-order valence-corrected chi connectivity index (χ4v) is 8.27. The summed E-state index contributed by atoms with van der Waals surface area (Å²) in [4.78, 5) is 0. The molecule has 0 aliphatic rings. The molecule has 4 aromatic rings. The summed E-state index contributed by atoms with van der Waals surface area (Å²) in [7, 11) is -0.655. The molecule has 4 rings (SSSR count). The van der Waals surface area contributed by atoms with Gasteiger partial charge in [-0.3, -0.25) is 0 Å². The minimum atomic E-state index is -0.328. The van der Waals surface area contributed by atoms with E-state index in [0.29, 0.717) is 0 Å². The van der Waals surface area contributed by atoms with Crippen LogP contribution in [0.15, 0.2) is 121 Å². The Morgan fingerprint density at radius 1 is 0.514 bits per heavy atom. The van der Waals surface area contributed by atoms with Crippen LogP contribution in [0.25, 0.3) is 0 Å². The topological polar surface area (TPSA) is 31.9 Å². The van der Waals surface area contributed by atoms with Crippen molar-refractivity contribution in [2.45, 2.75) is 0 Å². The first-order valence-electron chi connectivity index (χ1n) is 11.1. The standard InChI is InChI=1S/C28H29NP2.CO.B.Ru.H/c1-5-13-25(14-6-1)30(26-15-7-2-8-16-26)23-21-29-22-24-31(27-17-9-3-10-18-27)28-19-11-4-12-20-28;1-2;;;/h1-20,29H,21-24H2;;;;/q;;-1;+2;-1. The van der Waals surface area contributed by atoms with E-state index in [2.05, 4.69) is 133 Å². The third kappa shape index (κ3) is 9.95. The van der Waals surface area contributed by atoms with Gasteiger partial charge in [-0.2, -0.15) is 0 Å². The van der Waals surface area contributed by atoms with E-state index in [0.717, 1.165) is 25.4 Å². The zero-order valence-corrected chi connectivity index (χ0v) is 23.1. The van der Waals surface area contributed by atoms with E-state index >= 15 is 0 Å². The Morgan fingerprint density at radius 2 is 0.743 bits per heavy atom. The molecule has 4 aromatic carbocycles. The number of benzene rings is 4. The maximum absolute atomic E-state index is 7.50. The zero-order valence-electron chi connectivity index (χ0n) is 20.6. The van der Waals surface area contributed by atoms with Crippen LogP contribution < -0.4 is 26.5 Å². The van der Waals surface area contributed by atoms with Crippen LogP contribution in [0, 0.1) is 6.65 Å². The van der Waals surface area contributed by atoms with E-state index in [9.17, 15) is 0 Å². The zero-order chi connectivity index (χ0) is 23.1. The van der Waals surface area contributed by atoms with Crippen molar-refractivity contribution >= 4 is 45.5 Å². The van der Waals surface area contributed by atoms with Crippen LogP contribution in [0.4, 0.5) is 0 Å². The number of hydrogen-bond acceptors (Lipinski definition) is 1. The summed E-state index contributed by atoms with van der Waals surface area (Å²) in [6, 6.07) is 44.0. The van der Waals surface area contributed by atoms with Gasteiger partial charge in [0.1, 0.15) is 0 Å². The summed E-state index contributed by atoms with van der Waals surface area (Å²) < 4.78 is 7.50. The molecule has 0 aliphatic heterocycles. The minimum Gasteiger partial charge on any atom is -1.00 e. The summed E-state index contributed by atoms with van der Waals surface area (Å²) in [5.41, 5.74) is 0. The van der Waals surface area contributed by atoms with Crippen molar-refractivity contribution in [2.24, 2.45) is 0 Å². The van der Waals surface area contributed by atoms with Crippen molar-refractivity contribution in [3.63, 3.8) is 0 Å². The first-order valence-corrected chi connectivity index (χ1v) is 14.1. The van der Waals surface area contributed by atoms with Gasteiger partial charge in [0.2, 0.25) is 0 Å². The van der Waals surface area contributed by atoms with Crippen LogP contribution >= 0.6 is 15.8 Å². The second-order valence-corrected chi connectivity index (χ2v) is 12.1. The van der Waals surface area contributed by atoms with E-state index < -0.39 is 0 Å². The quantitative estimate of drug-likeness (QED) is 0.0963. The van der Waals surface area contributed by atoms with Gasteiger partial charge in [-0.25, -0.2) is 0 Å². The molecule has 0 aliphatic carbocycles. The molecular formula is C29H30BNOP2Ru. The largest absolute Gasteiger partial charge is 2.00 e. The first-order chi connectivity index (χ1) is 16.4. The molecule has 0 saturated carbocycles. The van der Waals surface area contributed by atoms with Crippen molar-refractivity contribution in [1.29, 1.82) is 0 Å². The smallest absolute Gasteiger partial charge is 1.00 e. The van der Waals surface area contributed by atoms with E-state index in [-0.39, 0.29) is 45.2 Å². The molecule has 0 heterocycles. The Bertz CT molecular complexity index is 913. The molecule has 6 heteroatoms. The molecule has 2 nitrogen and oxygen atoms in total. The summed E-state index contributed by atoms with van der Waals surface area (Å²) in [5.74, 6) is 0. The molecular weight excluding hydrogens is 552 g/mol. The van der Waals surface area contributed by atoms with Crippen molar-refractivity contribution < 1.29 is 25.6 Å². The number of nitrogens with one attached hydrogen (secondary N) is 1. The van der Waals surface area contributed by atoms with Crippen molar-refractivity contribution in [2.75, 3.05) is 25.4 Å². The third-order valence-electron chi connectivity index (χ3n) is 5.30. The van der Waals surface area contributed by atoms with Crippen LogP contribution in [-0.2, 0) is 24.1 Å². The van der Waals surface area contributed by atoms with Crippen LogP contribution in [0.5, 0.6) is 0 Å². The normalized spacial score (nSPS) is 9.94. The van der Waals surface area contributed by atoms with Crippen LogP contribution in [-0.4, -0.2) is 33.8 Å². The molecule has 0 saturated heterocycles. The molecule has 0 atom stereocenters. The molecule has 35 heavy (non-hydrogen) atoms. The fourth-order valence-electron chi connectivity index (χ4n) is 3.75. The van der Waals surface area contributed by atoms with Gasteiger partial charge >= 0.3 is 30.8 Å². The fraction of sp³-hybridized carbons (Fsp3) is 0.138. The summed E-state index contributed by atoms with van der Waals surface area (Å²) in [5, 5.41) is 9.60. The molecule has 0 unspecified atom stereocenters. The predicted octanol–water partition coefficient (Wildman–Crippen LogP) is 4.53.